The van der Waals surface area contributed by atoms with Gasteiger partial charge in [-0.25, -0.2) is 9.69 Å². The molecule has 5 rings (SSSR count). The average Bonchev–Trinajstić information content (AvgIpc) is 3.46. The van der Waals surface area contributed by atoms with Gasteiger partial charge in [0.05, 0.1) is 16.5 Å². The number of Topliss-reactive ketones (excluding diaryl/α,β-unsaturated/α-hetero) is 1. The number of carbonyl (C=O) groups is 4. The number of hydrogen-bond acceptors (Lipinski definition) is 6. The summed E-state index contributed by atoms with van der Waals surface area (Å²) in [7, 11) is 0. The van der Waals surface area contributed by atoms with Crippen molar-refractivity contribution in [1.82, 2.24) is 4.98 Å². The van der Waals surface area contributed by atoms with Crippen LogP contribution in [-0.2, 0) is 14.3 Å². The van der Waals surface area contributed by atoms with Crippen molar-refractivity contribution in [2.75, 3.05) is 11.5 Å². The van der Waals surface area contributed by atoms with Crippen LogP contribution in [0.25, 0.3) is 10.9 Å². The number of aromatic amines is 1. The second-order valence-corrected chi connectivity index (χ2v) is 9.81. The number of amides is 2. The van der Waals surface area contributed by atoms with Gasteiger partial charge in [0.2, 0.25) is 11.8 Å². The Morgan fingerprint density at radius 2 is 1.81 bits per heavy atom. The summed E-state index contributed by atoms with van der Waals surface area (Å²) in [6, 6.07) is 20.2. The van der Waals surface area contributed by atoms with Gasteiger partial charge in [0.15, 0.2) is 12.4 Å². The summed E-state index contributed by atoms with van der Waals surface area (Å²) < 4.78 is 5.25. The maximum atomic E-state index is 13.2. The lowest BCUT2D eigenvalue weighted by Gasteiger charge is -2.16. The van der Waals surface area contributed by atoms with Crippen molar-refractivity contribution in [2.45, 2.75) is 16.6 Å². The first kappa shape index (κ1) is 23.8. The van der Waals surface area contributed by atoms with Gasteiger partial charge in [-0.15, -0.1) is 11.8 Å². The van der Waals surface area contributed by atoms with Crippen LogP contribution < -0.4 is 4.90 Å². The lowest BCUT2D eigenvalue weighted by molar-refractivity contribution is -0.121. The van der Waals surface area contributed by atoms with Gasteiger partial charge in [0.25, 0.3) is 0 Å². The van der Waals surface area contributed by atoms with E-state index in [0.29, 0.717) is 21.2 Å². The predicted octanol–water partition coefficient (Wildman–Crippen LogP) is 5.29. The minimum Gasteiger partial charge on any atom is -0.454 e. The zero-order chi connectivity index (χ0) is 25.2. The number of H-pyrrole nitrogens is 1. The van der Waals surface area contributed by atoms with Crippen LogP contribution in [0.4, 0.5) is 5.69 Å². The minimum atomic E-state index is -0.693. The van der Waals surface area contributed by atoms with E-state index in [-0.39, 0.29) is 29.6 Å². The maximum absolute atomic E-state index is 13.2. The Morgan fingerprint density at radius 3 is 2.61 bits per heavy atom. The van der Waals surface area contributed by atoms with Crippen LogP contribution in [0.3, 0.4) is 0 Å². The molecule has 7 nitrogen and oxygen atoms in total. The second-order valence-electron chi connectivity index (χ2n) is 8.13. The van der Waals surface area contributed by atoms with Crippen LogP contribution >= 0.6 is 23.4 Å². The Bertz CT molecular complexity index is 1500. The Kier molecular flexibility index (Phi) is 6.63. The smallest absolute Gasteiger partial charge is 0.339 e. The van der Waals surface area contributed by atoms with Crippen LogP contribution in [0, 0.1) is 0 Å². The molecule has 1 aliphatic heterocycles. The number of benzene rings is 3. The molecule has 9 heteroatoms. The lowest BCUT2D eigenvalue weighted by atomic mass is 10.1. The molecule has 3 aromatic carbocycles. The lowest BCUT2D eigenvalue weighted by Crippen LogP contribution is -2.31. The molecule has 0 spiro atoms. The second kappa shape index (κ2) is 10.0. The number of anilines is 1. The Balaban J connectivity index is 1.29. The van der Waals surface area contributed by atoms with Crippen LogP contribution in [0.5, 0.6) is 0 Å². The van der Waals surface area contributed by atoms with Crippen molar-refractivity contribution in [3.8, 4) is 0 Å². The van der Waals surface area contributed by atoms with Gasteiger partial charge in [-0.05, 0) is 60.0 Å². The first-order chi connectivity index (χ1) is 17.4. The number of fused-ring (bicyclic) bond motifs is 1. The number of nitrogens with one attached hydrogen (secondary N) is 1. The quantitative estimate of drug-likeness (QED) is 0.203. The number of halogens is 1. The number of carbonyl (C=O) groups excluding carboxylic acids is 4. The molecule has 4 aromatic rings. The number of hydrogen-bond donors (Lipinski definition) is 1. The van der Waals surface area contributed by atoms with Gasteiger partial charge < -0.3 is 9.72 Å². The average molecular weight is 519 g/mol. The number of ketones is 1. The van der Waals surface area contributed by atoms with E-state index in [1.165, 1.54) is 4.90 Å². The Morgan fingerprint density at radius 1 is 1.03 bits per heavy atom. The fraction of sp³-hybridized carbons (Fsp3) is 0.111. The van der Waals surface area contributed by atoms with E-state index in [9.17, 15) is 19.2 Å². The molecule has 180 valence electrons. The van der Waals surface area contributed by atoms with Gasteiger partial charge >= 0.3 is 5.97 Å². The van der Waals surface area contributed by atoms with Gasteiger partial charge in [0.1, 0.15) is 0 Å². The number of ether oxygens (including phenoxy) is 1. The van der Waals surface area contributed by atoms with Gasteiger partial charge in [-0.2, -0.15) is 0 Å². The Hall–Kier alpha value is -3.88. The van der Waals surface area contributed by atoms with E-state index in [1.807, 2.05) is 12.1 Å². The number of nitrogens with zero attached hydrogens (tertiary/aromatic N) is 1. The standard InChI is InChI=1S/C27H19ClN2O5S/c28-18-8-5-17(6-9-18)22(31)15-35-27(34)20-3-1-2-4-23(20)36-24-14-25(32)30(26(24)33)19-10-7-16-11-12-29-21(16)13-19/h1-13,24,29H,14-15H2. The third-order valence-corrected chi connectivity index (χ3v) is 7.29. The largest absolute Gasteiger partial charge is 0.454 e. The van der Waals surface area contributed by atoms with Crippen LogP contribution in [-0.4, -0.2) is 40.4 Å². The molecule has 0 radical (unpaired) electrons. The van der Waals surface area contributed by atoms with Crippen molar-refractivity contribution in [1.29, 1.82) is 0 Å². The predicted molar refractivity (Wildman–Crippen MR) is 138 cm³/mol. The summed E-state index contributed by atoms with van der Waals surface area (Å²) in [5.41, 5.74) is 1.92. The molecular formula is C27H19ClN2O5S. The highest BCUT2D eigenvalue weighted by Crippen LogP contribution is 2.36. The molecule has 0 bridgehead atoms. The molecule has 2 amide bonds. The molecule has 0 saturated carbocycles. The first-order valence-electron chi connectivity index (χ1n) is 11.1. The van der Waals surface area contributed by atoms with Gasteiger partial charge in [-0.1, -0.05) is 29.8 Å². The molecule has 1 fully saturated rings. The summed E-state index contributed by atoms with van der Waals surface area (Å²) in [6.45, 7) is -0.435. The molecule has 1 unspecified atom stereocenters. The summed E-state index contributed by atoms with van der Waals surface area (Å²) in [6.07, 6.45) is 1.80. The van der Waals surface area contributed by atoms with E-state index in [1.54, 1.807) is 66.9 Å². The molecular weight excluding hydrogens is 500 g/mol. The molecule has 2 heterocycles. The molecule has 1 saturated heterocycles. The van der Waals surface area contributed by atoms with Gasteiger partial charge in [0, 0.05) is 33.6 Å². The third-order valence-electron chi connectivity index (χ3n) is 5.78. The number of aromatic nitrogens is 1. The number of thioether (sulfide) groups is 1. The Labute approximate surface area is 215 Å². The highest BCUT2D eigenvalue weighted by Gasteiger charge is 2.40. The molecule has 1 aliphatic rings. The van der Waals surface area contributed by atoms with Crippen molar-refractivity contribution >= 4 is 63.5 Å². The minimum absolute atomic E-state index is 0.00466. The van der Waals surface area contributed by atoms with E-state index < -0.39 is 17.8 Å². The third kappa shape index (κ3) is 4.78. The number of esters is 1. The fourth-order valence-corrected chi connectivity index (χ4v) is 5.26. The highest BCUT2D eigenvalue weighted by molar-refractivity contribution is 8.00. The van der Waals surface area contributed by atoms with E-state index >= 15 is 0 Å². The topological polar surface area (TPSA) is 96.5 Å². The summed E-state index contributed by atoms with van der Waals surface area (Å²) >= 11 is 6.98. The zero-order valence-electron chi connectivity index (χ0n) is 18.8. The fourth-order valence-electron chi connectivity index (χ4n) is 3.96. The van der Waals surface area contributed by atoms with Crippen LogP contribution in [0.1, 0.15) is 27.1 Å². The van der Waals surface area contributed by atoms with Crippen molar-refractivity contribution in [3.05, 3.63) is 95.1 Å². The maximum Gasteiger partial charge on any atom is 0.339 e. The van der Waals surface area contributed by atoms with Crippen molar-refractivity contribution in [3.63, 3.8) is 0 Å². The molecule has 1 atom stereocenters. The number of rotatable bonds is 7. The summed E-state index contributed by atoms with van der Waals surface area (Å²) in [5.74, 6) is -1.71. The summed E-state index contributed by atoms with van der Waals surface area (Å²) in [4.78, 5) is 55.8. The zero-order valence-corrected chi connectivity index (χ0v) is 20.3. The van der Waals surface area contributed by atoms with Crippen molar-refractivity contribution < 1.29 is 23.9 Å². The van der Waals surface area contributed by atoms with Crippen LogP contribution in [0.2, 0.25) is 5.02 Å². The summed E-state index contributed by atoms with van der Waals surface area (Å²) in [5, 5.41) is 0.782. The van der Waals surface area contributed by atoms with Crippen LogP contribution in [0.15, 0.2) is 83.9 Å². The normalized spacial score (nSPS) is 15.5. The number of imide groups is 1. The SMILES string of the molecule is O=C(COC(=O)c1ccccc1SC1CC(=O)N(c2ccc3cc[nH]c3c2)C1=O)c1ccc(Cl)cc1. The monoisotopic (exact) mass is 518 g/mol. The van der Waals surface area contributed by atoms with E-state index in [0.717, 1.165) is 22.7 Å². The van der Waals surface area contributed by atoms with Crippen molar-refractivity contribution in [2.24, 2.45) is 0 Å². The molecule has 1 N–H and O–H groups in total. The first-order valence-corrected chi connectivity index (χ1v) is 12.3. The van der Waals surface area contributed by atoms with E-state index in [2.05, 4.69) is 4.98 Å². The van der Waals surface area contributed by atoms with E-state index in [4.69, 9.17) is 16.3 Å². The van der Waals surface area contributed by atoms with Gasteiger partial charge in [-0.3, -0.25) is 14.4 Å². The molecule has 0 aliphatic carbocycles. The highest BCUT2D eigenvalue weighted by atomic mass is 35.5. The molecule has 36 heavy (non-hydrogen) atoms. The molecule has 1 aromatic heterocycles.